The number of amides is 2. The molecule has 0 aromatic heterocycles. The first-order valence-corrected chi connectivity index (χ1v) is 7.02. The van der Waals surface area contributed by atoms with E-state index in [1.54, 1.807) is 23.1 Å². The van der Waals surface area contributed by atoms with Crippen LogP contribution in [0.25, 0.3) is 0 Å². The average Bonchev–Trinajstić information content (AvgIpc) is 3.26. The van der Waals surface area contributed by atoms with E-state index in [1.807, 2.05) is 0 Å². The van der Waals surface area contributed by atoms with Crippen LogP contribution in [0.5, 0.6) is 5.75 Å². The van der Waals surface area contributed by atoms with Crippen LogP contribution in [-0.2, 0) is 4.79 Å². The third kappa shape index (κ3) is 4.26. The van der Waals surface area contributed by atoms with E-state index >= 15 is 0 Å². The molecule has 0 saturated heterocycles. The second-order valence-electron chi connectivity index (χ2n) is 4.84. The van der Waals surface area contributed by atoms with E-state index in [-0.39, 0.29) is 25.0 Å². The minimum Gasteiger partial charge on any atom is -0.497 e. The molecule has 0 radical (unpaired) electrons. The molecule has 114 valence electrons. The summed E-state index contributed by atoms with van der Waals surface area (Å²) in [6.07, 6.45) is 1.73. The summed E-state index contributed by atoms with van der Waals surface area (Å²) in [5, 5.41) is 11.9. The molecule has 1 aromatic rings. The molecule has 6 nitrogen and oxygen atoms in total. The Hall–Kier alpha value is -1.95. The van der Waals surface area contributed by atoms with Crippen LogP contribution < -0.4 is 10.1 Å². The largest absolute Gasteiger partial charge is 0.497 e. The second kappa shape index (κ2) is 6.67. The number of nitrogens with zero attached hydrogens (tertiary/aromatic N) is 1. The van der Waals surface area contributed by atoms with Crippen molar-refractivity contribution >= 4 is 29.3 Å². The summed E-state index contributed by atoms with van der Waals surface area (Å²) in [7, 11) is 1.53. The average molecular weight is 313 g/mol. The smallest absolute Gasteiger partial charge is 0.322 e. The Labute approximate surface area is 127 Å². The summed E-state index contributed by atoms with van der Waals surface area (Å²) in [4.78, 5) is 24.5. The lowest BCUT2D eigenvalue weighted by atomic mass is 10.3. The van der Waals surface area contributed by atoms with Gasteiger partial charge in [-0.05, 0) is 25.0 Å². The van der Waals surface area contributed by atoms with Crippen molar-refractivity contribution in [3.8, 4) is 5.75 Å². The number of ether oxygens (including phenoxy) is 1. The number of anilines is 1. The zero-order valence-electron chi connectivity index (χ0n) is 11.6. The van der Waals surface area contributed by atoms with Gasteiger partial charge in [-0.15, -0.1) is 0 Å². The Morgan fingerprint density at radius 1 is 1.48 bits per heavy atom. The quantitative estimate of drug-likeness (QED) is 0.846. The van der Waals surface area contributed by atoms with E-state index in [9.17, 15) is 9.59 Å². The van der Waals surface area contributed by atoms with Crippen LogP contribution in [0.3, 0.4) is 0 Å². The highest BCUT2D eigenvalue weighted by Crippen LogP contribution is 2.30. The zero-order valence-corrected chi connectivity index (χ0v) is 12.4. The third-order valence-corrected chi connectivity index (χ3v) is 3.56. The van der Waals surface area contributed by atoms with E-state index < -0.39 is 5.97 Å². The van der Waals surface area contributed by atoms with Gasteiger partial charge in [0.1, 0.15) is 5.75 Å². The van der Waals surface area contributed by atoms with E-state index in [0.717, 1.165) is 12.8 Å². The highest BCUT2D eigenvalue weighted by Gasteiger charge is 2.32. The van der Waals surface area contributed by atoms with Gasteiger partial charge in [-0.3, -0.25) is 4.79 Å². The van der Waals surface area contributed by atoms with Crippen molar-refractivity contribution in [1.29, 1.82) is 0 Å². The number of carbonyl (C=O) groups is 2. The van der Waals surface area contributed by atoms with Gasteiger partial charge >= 0.3 is 12.0 Å². The number of carboxylic acid groups (broad SMARTS) is 1. The van der Waals surface area contributed by atoms with Crippen molar-refractivity contribution in [1.82, 2.24) is 4.90 Å². The number of methoxy groups -OCH3 is 1. The third-order valence-electron chi connectivity index (χ3n) is 3.23. The molecule has 0 bridgehead atoms. The van der Waals surface area contributed by atoms with Gasteiger partial charge in [0, 0.05) is 18.7 Å². The predicted molar refractivity (Wildman–Crippen MR) is 79.0 cm³/mol. The van der Waals surface area contributed by atoms with Crippen molar-refractivity contribution in [3.05, 3.63) is 23.2 Å². The maximum absolute atomic E-state index is 12.3. The Kier molecular flexibility index (Phi) is 4.90. The molecule has 0 heterocycles. The van der Waals surface area contributed by atoms with Gasteiger partial charge < -0.3 is 20.1 Å². The van der Waals surface area contributed by atoms with Crippen LogP contribution in [-0.4, -0.2) is 41.7 Å². The minimum absolute atomic E-state index is 0.0736. The summed E-state index contributed by atoms with van der Waals surface area (Å²) >= 11 is 6.04. The number of carbonyl (C=O) groups excluding carboxylic acids is 1. The zero-order chi connectivity index (χ0) is 15.4. The van der Waals surface area contributed by atoms with Crippen LogP contribution in [0.2, 0.25) is 5.02 Å². The fourth-order valence-corrected chi connectivity index (χ4v) is 2.13. The highest BCUT2D eigenvalue weighted by atomic mass is 35.5. The number of hydrogen-bond donors (Lipinski definition) is 2. The summed E-state index contributed by atoms with van der Waals surface area (Å²) in [5.74, 6) is -0.342. The molecule has 1 saturated carbocycles. The van der Waals surface area contributed by atoms with Crippen LogP contribution in [0.1, 0.15) is 19.3 Å². The molecule has 0 unspecified atom stereocenters. The molecule has 21 heavy (non-hydrogen) atoms. The lowest BCUT2D eigenvalue weighted by Crippen LogP contribution is -2.38. The molecular weight excluding hydrogens is 296 g/mol. The van der Waals surface area contributed by atoms with Gasteiger partial charge in [-0.2, -0.15) is 0 Å². The number of halogens is 1. The SMILES string of the molecule is COc1ccc(Cl)c(NC(=O)N(CCC(=O)O)C2CC2)c1. The van der Waals surface area contributed by atoms with Crippen molar-refractivity contribution < 1.29 is 19.4 Å². The topological polar surface area (TPSA) is 78.9 Å². The maximum atomic E-state index is 12.3. The standard InChI is InChI=1S/C14H17ClN2O4/c1-21-10-4-5-11(15)12(8-10)16-14(20)17(9-2-3-9)7-6-13(18)19/h4-5,8-9H,2-3,6-7H2,1H3,(H,16,20)(H,18,19). The van der Waals surface area contributed by atoms with Gasteiger partial charge in [0.05, 0.1) is 24.2 Å². The number of rotatable bonds is 6. The molecule has 2 amide bonds. The molecule has 2 rings (SSSR count). The number of urea groups is 1. The normalized spacial score (nSPS) is 13.6. The first-order valence-electron chi connectivity index (χ1n) is 6.64. The molecule has 2 N–H and O–H groups in total. The van der Waals surface area contributed by atoms with Crippen LogP contribution >= 0.6 is 11.6 Å². The second-order valence-corrected chi connectivity index (χ2v) is 5.25. The molecule has 1 aliphatic rings. The number of hydrogen-bond acceptors (Lipinski definition) is 3. The Balaban J connectivity index is 2.06. The number of carboxylic acids is 1. The van der Waals surface area contributed by atoms with Gasteiger partial charge in [-0.25, -0.2) is 4.79 Å². The first kappa shape index (κ1) is 15.4. The summed E-state index contributed by atoms with van der Waals surface area (Å²) in [6, 6.07) is 4.74. The van der Waals surface area contributed by atoms with E-state index in [1.165, 1.54) is 7.11 Å². The highest BCUT2D eigenvalue weighted by molar-refractivity contribution is 6.33. The Morgan fingerprint density at radius 2 is 2.19 bits per heavy atom. The van der Waals surface area contributed by atoms with Gasteiger partial charge in [0.15, 0.2) is 0 Å². The predicted octanol–water partition coefficient (Wildman–Crippen LogP) is 2.82. The number of aliphatic carboxylic acids is 1. The lowest BCUT2D eigenvalue weighted by molar-refractivity contribution is -0.137. The first-order chi connectivity index (χ1) is 10.0. The van der Waals surface area contributed by atoms with Crippen molar-refractivity contribution in [3.63, 3.8) is 0 Å². The fraction of sp³-hybridized carbons (Fsp3) is 0.429. The summed E-state index contributed by atoms with van der Waals surface area (Å²) in [5.41, 5.74) is 0.446. The number of benzene rings is 1. The molecule has 7 heteroatoms. The molecule has 1 aliphatic carbocycles. The minimum atomic E-state index is -0.923. The summed E-state index contributed by atoms with van der Waals surface area (Å²) < 4.78 is 5.09. The molecular formula is C14H17ClN2O4. The van der Waals surface area contributed by atoms with Gasteiger partial charge in [0.25, 0.3) is 0 Å². The van der Waals surface area contributed by atoms with E-state index in [2.05, 4.69) is 5.32 Å². The molecule has 0 aliphatic heterocycles. The maximum Gasteiger partial charge on any atom is 0.322 e. The molecule has 1 fully saturated rings. The molecule has 0 spiro atoms. The van der Waals surface area contributed by atoms with Crippen molar-refractivity contribution in [2.75, 3.05) is 19.0 Å². The van der Waals surface area contributed by atoms with E-state index in [4.69, 9.17) is 21.4 Å². The lowest BCUT2D eigenvalue weighted by Gasteiger charge is -2.22. The Morgan fingerprint density at radius 3 is 2.76 bits per heavy atom. The fourth-order valence-electron chi connectivity index (χ4n) is 1.97. The monoisotopic (exact) mass is 312 g/mol. The Bertz CT molecular complexity index is 546. The van der Waals surface area contributed by atoms with Crippen LogP contribution in [0.15, 0.2) is 18.2 Å². The van der Waals surface area contributed by atoms with Gasteiger partial charge in [0.2, 0.25) is 0 Å². The van der Waals surface area contributed by atoms with Gasteiger partial charge in [-0.1, -0.05) is 11.6 Å². The summed E-state index contributed by atoms with van der Waals surface area (Å²) in [6.45, 7) is 0.188. The van der Waals surface area contributed by atoms with Crippen molar-refractivity contribution in [2.24, 2.45) is 0 Å². The van der Waals surface area contributed by atoms with Crippen molar-refractivity contribution in [2.45, 2.75) is 25.3 Å². The number of nitrogens with one attached hydrogen (secondary N) is 1. The van der Waals surface area contributed by atoms with Crippen LogP contribution in [0, 0.1) is 0 Å². The van der Waals surface area contributed by atoms with Crippen LogP contribution in [0.4, 0.5) is 10.5 Å². The van der Waals surface area contributed by atoms with E-state index in [0.29, 0.717) is 16.5 Å². The molecule has 0 atom stereocenters. The molecule has 1 aromatic carbocycles.